The molecule has 0 aliphatic carbocycles. The molecule has 31 heavy (non-hydrogen) atoms. The number of ether oxygens (including phenoxy) is 1. The van der Waals surface area contributed by atoms with E-state index in [1.807, 2.05) is 12.1 Å². The molecule has 8 heteroatoms. The molecule has 2 aromatic carbocycles. The van der Waals surface area contributed by atoms with Gasteiger partial charge in [-0.25, -0.2) is 5.10 Å². The van der Waals surface area contributed by atoms with E-state index >= 15 is 0 Å². The van der Waals surface area contributed by atoms with Gasteiger partial charge in [0.15, 0.2) is 0 Å². The third-order valence-electron chi connectivity index (χ3n) is 5.69. The molecule has 1 atom stereocenters. The van der Waals surface area contributed by atoms with Gasteiger partial charge in [0, 0.05) is 38.1 Å². The van der Waals surface area contributed by atoms with Crippen LogP contribution in [-0.2, 0) is 0 Å². The van der Waals surface area contributed by atoms with E-state index in [1.165, 1.54) is 17.5 Å². The van der Waals surface area contributed by atoms with Crippen molar-refractivity contribution >= 4 is 28.1 Å². The lowest BCUT2D eigenvalue weighted by atomic mass is 10.00. The summed E-state index contributed by atoms with van der Waals surface area (Å²) in [5.41, 5.74) is 2.42. The number of aliphatic hydroxyl groups excluding tert-OH is 1. The first-order valence-electron chi connectivity index (χ1n) is 10.5. The highest BCUT2D eigenvalue weighted by Gasteiger charge is 2.21. The zero-order valence-electron chi connectivity index (χ0n) is 17.1. The monoisotopic (exact) mass is 435 g/mol. The number of piperazine rings is 1. The SMILES string of the molecule is OC(COc1ccc(-c2ccsc2)c2ccccc12)CN1CCN(c2ncn[nH]2)CC1. The zero-order valence-corrected chi connectivity index (χ0v) is 18.0. The lowest BCUT2D eigenvalue weighted by Gasteiger charge is -2.35. The molecule has 160 valence electrons. The fraction of sp³-hybridized carbons (Fsp3) is 0.304. The van der Waals surface area contributed by atoms with Gasteiger partial charge in [0.25, 0.3) is 0 Å². The van der Waals surface area contributed by atoms with E-state index in [2.05, 4.69) is 66.1 Å². The number of hydrogen-bond donors (Lipinski definition) is 2. The Hall–Kier alpha value is -2.94. The van der Waals surface area contributed by atoms with E-state index in [9.17, 15) is 5.11 Å². The molecule has 1 saturated heterocycles. The molecule has 1 fully saturated rings. The Bertz CT molecular complexity index is 1110. The summed E-state index contributed by atoms with van der Waals surface area (Å²) in [5.74, 6) is 1.62. The molecule has 0 amide bonds. The standard InChI is InChI=1S/C23H25N5O2S/c29-18(13-27-8-10-28(11-9-27)23-24-16-25-26-23)14-30-22-6-5-19(17-7-12-31-15-17)20-3-1-2-4-21(20)22/h1-7,12,15-16,18,29H,8-11,13-14H2,(H,24,25,26). The van der Waals surface area contributed by atoms with Crippen LogP contribution in [0.3, 0.4) is 0 Å². The van der Waals surface area contributed by atoms with Crippen molar-refractivity contribution in [2.24, 2.45) is 0 Å². The molecule has 7 nitrogen and oxygen atoms in total. The fourth-order valence-electron chi connectivity index (χ4n) is 4.10. The van der Waals surface area contributed by atoms with Crippen LogP contribution in [0.1, 0.15) is 0 Å². The molecule has 0 bridgehead atoms. The van der Waals surface area contributed by atoms with Crippen molar-refractivity contribution in [3.05, 3.63) is 59.6 Å². The largest absolute Gasteiger partial charge is 0.490 e. The molecule has 5 rings (SSSR count). The number of anilines is 1. The number of fused-ring (bicyclic) bond motifs is 1. The van der Waals surface area contributed by atoms with Gasteiger partial charge in [-0.3, -0.25) is 4.90 Å². The van der Waals surface area contributed by atoms with Gasteiger partial charge in [-0.1, -0.05) is 30.3 Å². The van der Waals surface area contributed by atoms with E-state index in [1.54, 1.807) is 11.3 Å². The van der Waals surface area contributed by atoms with Gasteiger partial charge in [0.2, 0.25) is 5.95 Å². The van der Waals surface area contributed by atoms with Crippen LogP contribution in [0.2, 0.25) is 0 Å². The van der Waals surface area contributed by atoms with Crippen LogP contribution in [0, 0.1) is 0 Å². The van der Waals surface area contributed by atoms with Gasteiger partial charge in [-0.15, -0.1) is 0 Å². The third kappa shape index (κ3) is 4.41. The average molecular weight is 436 g/mol. The van der Waals surface area contributed by atoms with E-state index in [0.29, 0.717) is 6.54 Å². The molecular formula is C23H25N5O2S. The molecule has 2 N–H and O–H groups in total. The van der Waals surface area contributed by atoms with Gasteiger partial charge in [0.1, 0.15) is 24.8 Å². The molecule has 1 aliphatic heterocycles. The second-order valence-electron chi connectivity index (χ2n) is 7.73. The van der Waals surface area contributed by atoms with Crippen molar-refractivity contribution in [2.45, 2.75) is 6.10 Å². The van der Waals surface area contributed by atoms with Gasteiger partial charge in [-0.2, -0.15) is 21.4 Å². The maximum absolute atomic E-state index is 10.6. The van der Waals surface area contributed by atoms with Crippen molar-refractivity contribution in [1.82, 2.24) is 20.1 Å². The highest BCUT2D eigenvalue weighted by Crippen LogP contribution is 2.35. The maximum Gasteiger partial charge on any atom is 0.221 e. The lowest BCUT2D eigenvalue weighted by molar-refractivity contribution is 0.0667. The first-order chi connectivity index (χ1) is 15.3. The van der Waals surface area contributed by atoms with Crippen LogP contribution in [0.4, 0.5) is 5.95 Å². The Morgan fingerprint density at radius 3 is 2.65 bits per heavy atom. The minimum Gasteiger partial charge on any atom is -0.490 e. The van der Waals surface area contributed by atoms with Crippen LogP contribution < -0.4 is 9.64 Å². The highest BCUT2D eigenvalue weighted by molar-refractivity contribution is 7.08. The van der Waals surface area contributed by atoms with Gasteiger partial charge in [0.05, 0.1) is 0 Å². The number of aromatic amines is 1. The first-order valence-corrected chi connectivity index (χ1v) is 11.4. The minimum absolute atomic E-state index is 0.268. The second-order valence-corrected chi connectivity index (χ2v) is 8.51. The number of rotatable bonds is 7. The summed E-state index contributed by atoms with van der Waals surface area (Å²) in [7, 11) is 0. The predicted molar refractivity (Wildman–Crippen MR) is 124 cm³/mol. The molecule has 4 aromatic rings. The van der Waals surface area contributed by atoms with Crippen molar-refractivity contribution in [2.75, 3.05) is 44.2 Å². The van der Waals surface area contributed by atoms with Gasteiger partial charge >= 0.3 is 0 Å². The van der Waals surface area contributed by atoms with Crippen LogP contribution in [0.15, 0.2) is 59.6 Å². The Morgan fingerprint density at radius 1 is 1.06 bits per heavy atom. The van der Waals surface area contributed by atoms with Crippen molar-refractivity contribution in [3.63, 3.8) is 0 Å². The number of nitrogens with zero attached hydrogens (tertiary/aromatic N) is 4. The quantitative estimate of drug-likeness (QED) is 0.464. The number of benzene rings is 2. The average Bonchev–Trinajstić information content (AvgIpc) is 3.52. The number of hydrogen-bond acceptors (Lipinski definition) is 7. The summed E-state index contributed by atoms with van der Waals surface area (Å²) >= 11 is 1.70. The molecule has 3 heterocycles. The lowest BCUT2D eigenvalue weighted by Crippen LogP contribution is -2.49. The summed E-state index contributed by atoms with van der Waals surface area (Å²) in [5, 5.41) is 23.9. The first kappa shape index (κ1) is 20.0. The smallest absolute Gasteiger partial charge is 0.221 e. The van der Waals surface area contributed by atoms with E-state index in [4.69, 9.17) is 4.74 Å². The Kier molecular flexibility index (Phi) is 5.84. The number of nitrogens with one attached hydrogen (secondary N) is 1. The van der Waals surface area contributed by atoms with Crippen LogP contribution in [0.5, 0.6) is 5.75 Å². The van der Waals surface area contributed by atoms with Crippen molar-refractivity contribution < 1.29 is 9.84 Å². The topological polar surface area (TPSA) is 77.5 Å². The Labute approximate surface area is 184 Å². The number of β-amino-alcohol motifs (C(OH)–C–C–N with tert-alkyl or cyclic N) is 1. The van der Waals surface area contributed by atoms with E-state index in [-0.39, 0.29) is 6.61 Å². The molecule has 1 unspecified atom stereocenters. The molecule has 0 radical (unpaired) electrons. The van der Waals surface area contributed by atoms with Crippen molar-refractivity contribution in [1.29, 1.82) is 0 Å². The second kappa shape index (κ2) is 9.05. The van der Waals surface area contributed by atoms with Crippen LogP contribution in [-0.4, -0.2) is 70.6 Å². The highest BCUT2D eigenvalue weighted by atomic mass is 32.1. The normalized spacial score (nSPS) is 16.0. The summed E-state index contributed by atoms with van der Waals surface area (Å²) in [6.07, 6.45) is 0.978. The number of aliphatic hydroxyl groups is 1. The predicted octanol–water partition coefficient (Wildman–Crippen LogP) is 3.25. The number of aromatic nitrogens is 3. The molecule has 0 saturated carbocycles. The molecule has 2 aromatic heterocycles. The van der Waals surface area contributed by atoms with Crippen molar-refractivity contribution in [3.8, 4) is 16.9 Å². The fourth-order valence-corrected chi connectivity index (χ4v) is 4.75. The summed E-state index contributed by atoms with van der Waals surface area (Å²) < 4.78 is 6.07. The van der Waals surface area contributed by atoms with Crippen LogP contribution in [0.25, 0.3) is 21.9 Å². The minimum atomic E-state index is -0.549. The summed E-state index contributed by atoms with van der Waals surface area (Å²) in [6.45, 7) is 4.32. The number of H-pyrrole nitrogens is 1. The van der Waals surface area contributed by atoms with Gasteiger partial charge < -0.3 is 14.7 Å². The van der Waals surface area contributed by atoms with E-state index < -0.39 is 6.10 Å². The van der Waals surface area contributed by atoms with Crippen LogP contribution >= 0.6 is 11.3 Å². The number of thiophene rings is 1. The zero-order chi connectivity index (χ0) is 21.0. The molecule has 1 aliphatic rings. The Balaban J connectivity index is 1.20. The molecular weight excluding hydrogens is 410 g/mol. The van der Waals surface area contributed by atoms with Gasteiger partial charge in [-0.05, 0) is 39.4 Å². The summed E-state index contributed by atoms with van der Waals surface area (Å²) in [6, 6.07) is 14.5. The maximum atomic E-state index is 10.6. The third-order valence-corrected chi connectivity index (χ3v) is 6.37. The molecule has 0 spiro atoms. The van der Waals surface area contributed by atoms with E-state index in [0.717, 1.165) is 48.6 Å². The Morgan fingerprint density at radius 2 is 1.90 bits per heavy atom. The summed E-state index contributed by atoms with van der Waals surface area (Å²) in [4.78, 5) is 8.64.